The molecule has 1 heterocycles. The van der Waals surface area contributed by atoms with Crippen LogP contribution in [-0.4, -0.2) is 13.4 Å². The molecule has 0 unspecified atom stereocenters. The lowest BCUT2D eigenvalue weighted by molar-refractivity contribution is 0.569. The third-order valence-electron chi connectivity index (χ3n) is 2.42. The first-order valence-corrected chi connectivity index (χ1v) is 7.57. The van der Waals surface area contributed by atoms with Crippen molar-refractivity contribution in [2.24, 2.45) is 0 Å². The predicted octanol–water partition coefficient (Wildman–Crippen LogP) is 3.09. The van der Waals surface area contributed by atoms with Crippen LogP contribution in [0.4, 0.5) is 10.2 Å². The molecule has 0 amide bonds. The van der Waals surface area contributed by atoms with Gasteiger partial charge in [-0.1, -0.05) is 22.0 Å². The van der Waals surface area contributed by atoms with Crippen LogP contribution >= 0.6 is 15.9 Å². The van der Waals surface area contributed by atoms with Crippen molar-refractivity contribution in [2.75, 3.05) is 4.72 Å². The topological polar surface area (TPSA) is 59.1 Å². The lowest BCUT2D eigenvalue weighted by atomic mass is 10.3. The van der Waals surface area contributed by atoms with E-state index in [4.69, 9.17) is 0 Å². The number of aromatic nitrogens is 1. The molecule has 2 aromatic rings. The highest BCUT2D eigenvalue weighted by molar-refractivity contribution is 9.10. The van der Waals surface area contributed by atoms with Crippen LogP contribution in [0, 0.1) is 12.7 Å². The molecular formula is C12H10BrFN2O2S. The molecule has 100 valence electrons. The number of anilines is 1. The van der Waals surface area contributed by atoms with Crippen LogP contribution in [0.5, 0.6) is 0 Å². The second-order valence-corrected chi connectivity index (χ2v) is 6.42. The molecule has 0 aliphatic rings. The average Bonchev–Trinajstić information content (AvgIpc) is 2.31. The Balaban J connectivity index is 2.41. The van der Waals surface area contributed by atoms with Gasteiger partial charge in [0, 0.05) is 10.7 Å². The Kier molecular flexibility index (Phi) is 3.86. The Hall–Kier alpha value is -1.47. The number of aryl methyl sites for hydroxylation is 1. The molecule has 1 N–H and O–H groups in total. The molecule has 0 fully saturated rings. The van der Waals surface area contributed by atoms with Gasteiger partial charge >= 0.3 is 0 Å². The molecule has 0 atom stereocenters. The normalized spacial score (nSPS) is 11.3. The van der Waals surface area contributed by atoms with Crippen LogP contribution in [0.1, 0.15) is 5.56 Å². The highest BCUT2D eigenvalue weighted by Gasteiger charge is 2.20. The van der Waals surface area contributed by atoms with Crippen LogP contribution < -0.4 is 4.72 Å². The van der Waals surface area contributed by atoms with E-state index in [1.54, 1.807) is 19.1 Å². The minimum absolute atomic E-state index is 0.185. The summed E-state index contributed by atoms with van der Waals surface area (Å²) >= 11 is 3.07. The first-order valence-electron chi connectivity index (χ1n) is 5.29. The van der Waals surface area contributed by atoms with E-state index in [-0.39, 0.29) is 5.82 Å². The number of sulfonamides is 1. The number of rotatable bonds is 3. The van der Waals surface area contributed by atoms with E-state index in [0.29, 0.717) is 10.0 Å². The quantitative estimate of drug-likeness (QED) is 0.930. The molecule has 1 aromatic carbocycles. The van der Waals surface area contributed by atoms with Crippen molar-refractivity contribution >= 4 is 31.8 Å². The number of nitrogens with zero attached hydrogens (tertiary/aromatic N) is 1. The van der Waals surface area contributed by atoms with Crippen molar-refractivity contribution in [2.45, 2.75) is 11.8 Å². The summed E-state index contributed by atoms with van der Waals surface area (Å²) in [6, 6.07) is 7.15. The Bertz CT molecular complexity index is 719. The minimum Gasteiger partial charge on any atom is -0.263 e. The fraction of sp³-hybridized carbons (Fsp3) is 0.0833. The molecule has 0 radical (unpaired) electrons. The van der Waals surface area contributed by atoms with Crippen molar-refractivity contribution in [3.63, 3.8) is 0 Å². The molecule has 4 nitrogen and oxygen atoms in total. The van der Waals surface area contributed by atoms with Gasteiger partial charge in [0.2, 0.25) is 0 Å². The largest absolute Gasteiger partial charge is 0.265 e. The predicted molar refractivity (Wildman–Crippen MR) is 73.9 cm³/mol. The zero-order chi connectivity index (χ0) is 14.0. The lowest BCUT2D eigenvalue weighted by Crippen LogP contribution is -2.16. The van der Waals surface area contributed by atoms with Crippen LogP contribution in [0.25, 0.3) is 0 Å². The van der Waals surface area contributed by atoms with Crippen molar-refractivity contribution in [1.29, 1.82) is 0 Å². The van der Waals surface area contributed by atoms with Gasteiger partial charge in [-0.2, -0.15) is 0 Å². The number of benzene rings is 1. The second kappa shape index (κ2) is 5.26. The fourth-order valence-electron chi connectivity index (χ4n) is 1.47. The third-order valence-corrected chi connectivity index (χ3v) is 4.29. The molecule has 0 saturated heterocycles. The number of halogens is 2. The Morgan fingerprint density at radius 3 is 2.68 bits per heavy atom. The van der Waals surface area contributed by atoms with Gasteiger partial charge in [0.05, 0.1) is 0 Å². The maximum atomic E-state index is 13.7. The van der Waals surface area contributed by atoms with Crippen molar-refractivity contribution in [1.82, 2.24) is 4.98 Å². The molecular weight excluding hydrogens is 335 g/mol. The van der Waals surface area contributed by atoms with E-state index in [2.05, 4.69) is 25.6 Å². The van der Waals surface area contributed by atoms with Gasteiger partial charge in [-0.25, -0.2) is 17.8 Å². The summed E-state index contributed by atoms with van der Waals surface area (Å²) in [6.07, 6.45) is 1.46. The molecule has 0 saturated carbocycles. The molecule has 2 rings (SSSR count). The van der Waals surface area contributed by atoms with Crippen molar-refractivity contribution in [3.05, 3.63) is 52.4 Å². The maximum absolute atomic E-state index is 13.7. The second-order valence-electron chi connectivity index (χ2n) is 3.85. The summed E-state index contributed by atoms with van der Waals surface area (Å²) in [5.74, 6) is -0.639. The summed E-state index contributed by atoms with van der Waals surface area (Å²) in [4.78, 5) is 3.50. The summed E-state index contributed by atoms with van der Waals surface area (Å²) < 4.78 is 40.6. The van der Waals surface area contributed by atoms with Crippen molar-refractivity contribution < 1.29 is 12.8 Å². The van der Waals surface area contributed by atoms with Gasteiger partial charge in [-0.15, -0.1) is 0 Å². The van der Waals surface area contributed by atoms with Crippen LogP contribution in [-0.2, 0) is 10.0 Å². The zero-order valence-corrected chi connectivity index (χ0v) is 12.3. The van der Waals surface area contributed by atoms with Crippen molar-refractivity contribution in [3.8, 4) is 0 Å². The average molecular weight is 345 g/mol. The SMILES string of the molecule is Cc1cccnc1NS(=O)(=O)c1ccc(Br)cc1F. The van der Waals surface area contributed by atoms with E-state index < -0.39 is 20.7 Å². The van der Waals surface area contributed by atoms with Gasteiger partial charge < -0.3 is 0 Å². The van der Waals surface area contributed by atoms with E-state index in [1.165, 1.54) is 18.3 Å². The van der Waals surface area contributed by atoms with E-state index >= 15 is 0 Å². The number of hydrogen-bond acceptors (Lipinski definition) is 3. The molecule has 1 aromatic heterocycles. The smallest absolute Gasteiger partial charge is 0.263 e. The zero-order valence-electron chi connectivity index (χ0n) is 9.89. The number of hydrogen-bond donors (Lipinski definition) is 1. The van der Waals surface area contributed by atoms with Crippen LogP contribution in [0.15, 0.2) is 45.9 Å². The summed E-state index contributed by atoms with van der Waals surface area (Å²) in [5, 5.41) is 0. The minimum atomic E-state index is -3.99. The van der Waals surface area contributed by atoms with Gasteiger partial charge in [-0.3, -0.25) is 4.72 Å². The lowest BCUT2D eigenvalue weighted by Gasteiger charge is -2.10. The molecule has 0 bridgehead atoms. The van der Waals surface area contributed by atoms with E-state index in [9.17, 15) is 12.8 Å². The van der Waals surface area contributed by atoms with Gasteiger partial charge in [0.1, 0.15) is 16.5 Å². The van der Waals surface area contributed by atoms with Crippen LogP contribution in [0.3, 0.4) is 0 Å². The number of nitrogens with one attached hydrogen (secondary N) is 1. The fourth-order valence-corrected chi connectivity index (χ4v) is 2.94. The van der Waals surface area contributed by atoms with Gasteiger partial charge in [-0.05, 0) is 36.8 Å². The molecule has 19 heavy (non-hydrogen) atoms. The molecule has 0 aliphatic carbocycles. The van der Waals surface area contributed by atoms with E-state index in [1.807, 2.05) is 0 Å². The van der Waals surface area contributed by atoms with Crippen LogP contribution in [0.2, 0.25) is 0 Å². The summed E-state index contributed by atoms with van der Waals surface area (Å²) in [7, 11) is -3.99. The highest BCUT2D eigenvalue weighted by atomic mass is 79.9. The van der Waals surface area contributed by atoms with Gasteiger partial charge in [0.15, 0.2) is 0 Å². The first-order chi connectivity index (χ1) is 8.90. The third kappa shape index (κ3) is 3.10. The molecule has 0 aliphatic heterocycles. The standard InChI is InChI=1S/C12H10BrFN2O2S/c1-8-3-2-6-15-12(8)16-19(17,18)11-5-4-9(13)7-10(11)14/h2-7H,1H3,(H,15,16). The summed E-state index contributed by atoms with van der Waals surface area (Å²) in [6.45, 7) is 1.71. The molecule has 0 spiro atoms. The first kappa shape index (κ1) is 14.0. The maximum Gasteiger partial charge on any atom is 0.265 e. The van der Waals surface area contributed by atoms with E-state index in [0.717, 1.165) is 6.07 Å². The highest BCUT2D eigenvalue weighted by Crippen LogP contribution is 2.22. The Morgan fingerprint density at radius 2 is 2.05 bits per heavy atom. The monoisotopic (exact) mass is 344 g/mol. The number of pyridine rings is 1. The Morgan fingerprint density at radius 1 is 1.32 bits per heavy atom. The van der Waals surface area contributed by atoms with Gasteiger partial charge in [0.25, 0.3) is 10.0 Å². The Labute approximate surface area is 118 Å². The summed E-state index contributed by atoms with van der Waals surface area (Å²) in [5.41, 5.74) is 0.656. The molecule has 7 heteroatoms.